The molecular formula is C21H24N2O3S. The fourth-order valence-corrected chi connectivity index (χ4v) is 3.74. The Hall–Kier alpha value is -2.44. The van der Waals surface area contributed by atoms with Crippen molar-refractivity contribution in [2.45, 2.75) is 19.9 Å². The zero-order valence-corrected chi connectivity index (χ0v) is 16.6. The highest BCUT2D eigenvalue weighted by Gasteiger charge is 2.34. The van der Waals surface area contributed by atoms with Crippen LogP contribution in [-0.4, -0.2) is 42.8 Å². The average Bonchev–Trinajstić information content (AvgIpc) is 2.67. The minimum absolute atomic E-state index is 0.215. The summed E-state index contributed by atoms with van der Waals surface area (Å²) in [6, 6.07) is 14.0. The van der Waals surface area contributed by atoms with Crippen molar-refractivity contribution in [1.82, 2.24) is 10.2 Å². The minimum atomic E-state index is -0.351. The monoisotopic (exact) mass is 384 g/mol. The van der Waals surface area contributed by atoms with E-state index in [0.717, 1.165) is 22.0 Å². The first-order chi connectivity index (χ1) is 13.1. The Kier molecular flexibility index (Phi) is 6.08. The molecule has 3 rings (SSSR count). The molecule has 1 N–H and O–H groups in total. The number of carbonyl (C=O) groups excluding carboxylic acids is 1. The fourth-order valence-electron chi connectivity index (χ4n) is 3.36. The summed E-state index contributed by atoms with van der Waals surface area (Å²) >= 11 is 5.53. The van der Waals surface area contributed by atoms with E-state index < -0.39 is 0 Å². The van der Waals surface area contributed by atoms with Gasteiger partial charge in [-0.3, -0.25) is 0 Å². The van der Waals surface area contributed by atoms with E-state index in [4.69, 9.17) is 21.7 Å². The van der Waals surface area contributed by atoms with Gasteiger partial charge < -0.3 is 19.7 Å². The lowest BCUT2D eigenvalue weighted by atomic mass is 9.93. The molecule has 6 heteroatoms. The normalized spacial score (nSPS) is 17.2. The van der Waals surface area contributed by atoms with Crippen LogP contribution in [0.25, 0.3) is 10.8 Å². The van der Waals surface area contributed by atoms with Crippen molar-refractivity contribution >= 4 is 34.1 Å². The zero-order chi connectivity index (χ0) is 19.4. The number of carbonyl (C=O) groups is 1. The number of fused-ring (bicyclic) bond motifs is 1. The Balaban J connectivity index is 2.02. The third-order valence-corrected chi connectivity index (χ3v) is 5.10. The Morgan fingerprint density at radius 3 is 2.63 bits per heavy atom. The number of hydrogen-bond acceptors (Lipinski definition) is 4. The van der Waals surface area contributed by atoms with E-state index in [2.05, 4.69) is 29.6 Å². The van der Waals surface area contributed by atoms with Crippen LogP contribution < -0.4 is 5.32 Å². The summed E-state index contributed by atoms with van der Waals surface area (Å²) in [6.07, 6.45) is 0. The van der Waals surface area contributed by atoms with Crippen LogP contribution in [0.3, 0.4) is 0 Å². The Bertz CT molecular complexity index is 894. The Morgan fingerprint density at radius 1 is 1.19 bits per heavy atom. The summed E-state index contributed by atoms with van der Waals surface area (Å²) in [5.41, 5.74) is 2.38. The zero-order valence-electron chi connectivity index (χ0n) is 15.8. The minimum Gasteiger partial charge on any atom is -0.460 e. The van der Waals surface area contributed by atoms with Crippen LogP contribution in [-0.2, 0) is 14.3 Å². The van der Waals surface area contributed by atoms with E-state index >= 15 is 0 Å². The molecule has 0 spiro atoms. The van der Waals surface area contributed by atoms with Gasteiger partial charge in [0.2, 0.25) is 0 Å². The van der Waals surface area contributed by atoms with Crippen molar-refractivity contribution in [3.8, 4) is 0 Å². The highest BCUT2D eigenvalue weighted by atomic mass is 32.1. The van der Waals surface area contributed by atoms with Gasteiger partial charge in [0.05, 0.1) is 18.2 Å². The molecule has 5 nitrogen and oxygen atoms in total. The Labute approximate surface area is 164 Å². The van der Waals surface area contributed by atoms with Gasteiger partial charge in [-0.1, -0.05) is 36.4 Å². The van der Waals surface area contributed by atoms with Gasteiger partial charge in [0.15, 0.2) is 5.11 Å². The van der Waals surface area contributed by atoms with E-state index in [1.807, 2.05) is 36.9 Å². The number of allylic oxidation sites excluding steroid dienone is 1. The summed E-state index contributed by atoms with van der Waals surface area (Å²) in [5.74, 6) is -0.351. The molecular weight excluding hydrogens is 360 g/mol. The summed E-state index contributed by atoms with van der Waals surface area (Å²) in [7, 11) is 1.58. The molecule has 0 unspecified atom stereocenters. The molecule has 1 heterocycles. The van der Waals surface area contributed by atoms with Crippen LogP contribution in [0.15, 0.2) is 53.7 Å². The van der Waals surface area contributed by atoms with E-state index in [0.29, 0.717) is 23.8 Å². The van der Waals surface area contributed by atoms with Gasteiger partial charge in [0.25, 0.3) is 0 Å². The lowest BCUT2D eigenvalue weighted by Crippen LogP contribution is -2.47. The van der Waals surface area contributed by atoms with Gasteiger partial charge in [-0.25, -0.2) is 4.79 Å². The highest BCUT2D eigenvalue weighted by molar-refractivity contribution is 7.80. The number of nitrogens with one attached hydrogen (secondary N) is 1. The average molecular weight is 385 g/mol. The van der Waals surface area contributed by atoms with E-state index in [1.165, 1.54) is 0 Å². The molecule has 2 aromatic rings. The first-order valence-corrected chi connectivity index (χ1v) is 9.41. The molecule has 0 aromatic heterocycles. The third-order valence-electron chi connectivity index (χ3n) is 4.76. The number of methoxy groups -OCH3 is 1. The van der Waals surface area contributed by atoms with Crippen LogP contribution >= 0.6 is 12.2 Å². The first-order valence-electron chi connectivity index (χ1n) is 9.00. The lowest BCUT2D eigenvalue weighted by molar-refractivity contribution is -0.140. The molecule has 0 saturated heterocycles. The molecule has 2 aromatic carbocycles. The number of hydrogen-bond donors (Lipinski definition) is 1. The van der Waals surface area contributed by atoms with Crippen molar-refractivity contribution in [2.75, 3.05) is 26.9 Å². The maximum Gasteiger partial charge on any atom is 0.338 e. The van der Waals surface area contributed by atoms with Gasteiger partial charge in [0.1, 0.15) is 6.61 Å². The fraction of sp³-hybridized carbons (Fsp3) is 0.333. The maximum atomic E-state index is 12.9. The number of ether oxygens (including phenoxy) is 2. The topological polar surface area (TPSA) is 50.8 Å². The predicted molar refractivity (Wildman–Crippen MR) is 110 cm³/mol. The molecule has 0 fully saturated rings. The largest absolute Gasteiger partial charge is 0.460 e. The smallest absolute Gasteiger partial charge is 0.338 e. The number of esters is 1. The van der Waals surface area contributed by atoms with E-state index in [-0.39, 0.29) is 18.6 Å². The van der Waals surface area contributed by atoms with Gasteiger partial charge in [-0.15, -0.1) is 0 Å². The lowest BCUT2D eigenvalue weighted by Gasteiger charge is -2.37. The molecule has 1 aliphatic heterocycles. The van der Waals surface area contributed by atoms with Gasteiger partial charge >= 0.3 is 5.97 Å². The number of thiocarbonyl (C=S) groups is 1. The van der Waals surface area contributed by atoms with Crippen molar-refractivity contribution in [3.63, 3.8) is 0 Å². The second-order valence-corrected chi connectivity index (χ2v) is 6.75. The van der Waals surface area contributed by atoms with Crippen LogP contribution in [0, 0.1) is 0 Å². The molecule has 0 radical (unpaired) electrons. The molecule has 0 amide bonds. The van der Waals surface area contributed by atoms with Crippen molar-refractivity contribution in [1.29, 1.82) is 0 Å². The molecule has 0 saturated carbocycles. The van der Waals surface area contributed by atoms with Crippen molar-refractivity contribution < 1.29 is 14.3 Å². The van der Waals surface area contributed by atoms with Crippen LogP contribution in [0.2, 0.25) is 0 Å². The van der Waals surface area contributed by atoms with Crippen molar-refractivity contribution in [3.05, 3.63) is 59.3 Å². The summed E-state index contributed by atoms with van der Waals surface area (Å²) in [4.78, 5) is 14.8. The number of rotatable bonds is 6. The molecule has 142 valence electrons. The van der Waals surface area contributed by atoms with E-state index in [1.54, 1.807) is 7.11 Å². The number of nitrogens with zero attached hydrogens (tertiary/aromatic N) is 1. The molecule has 1 atom stereocenters. The van der Waals surface area contributed by atoms with Crippen LogP contribution in [0.5, 0.6) is 0 Å². The molecule has 0 bridgehead atoms. The highest BCUT2D eigenvalue weighted by Crippen LogP contribution is 2.32. The summed E-state index contributed by atoms with van der Waals surface area (Å²) < 4.78 is 10.4. The standard InChI is InChI=1S/C21H24N2O3S/c1-4-23-14(2)18(20(24)26-12-11-25-3)19(22-21(23)27)17-10-9-15-7-5-6-8-16(15)13-17/h5-10,13,19H,4,11-12H2,1-3H3,(H,22,27)/t19-/m1/s1. The van der Waals surface area contributed by atoms with Crippen LogP contribution in [0.1, 0.15) is 25.5 Å². The second kappa shape index (κ2) is 8.50. The molecule has 27 heavy (non-hydrogen) atoms. The summed E-state index contributed by atoms with van der Waals surface area (Å²) in [6.45, 7) is 5.17. The van der Waals surface area contributed by atoms with E-state index in [9.17, 15) is 4.79 Å². The summed E-state index contributed by atoms with van der Waals surface area (Å²) in [5, 5.41) is 6.20. The predicted octanol–water partition coefficient (Wildman–Crippen LogP) is 3.55. The maximum absolute atomic E-state index is 12.9. The van der Waals surface area contributed by atoms with Gasteiger partial charge in [-0.05, 0) is 48.5 Å². The third kappa shape index (κ3) is 3.96. The number of benzene rings is 2. The quantitative estimate of drug-likeness (QED) is 0.467. The van der Waals surface area contributed by atoms with Crippen molar-refractivity contribution in [2.24, 2.45) is 0 Å². The molecule has 1 aliphatic rings. The second-order valence-electron chi connectivity index (χ2n) is 6.36. The first kappa shape index (κ1) is 19.3. The van der Waals surface area contributed by atoms with Gasteiger partial charge in [0, 0.05) is 19.4 Å². The molecule has 0 aliphatic carbocycles. The Morgan fingerprint density at radius 2 is 1.93 bits per heavy atom. The SMILES string of the molecule is CCN1C(=S)N[C@H](c2ccc3ccccc3c2)C(C(=O)OCCOC)=C1C. The van der Waals surface area contributed by atoms with Crippen LogP contribution in [0.4, 0.5) is 0 Å². The van der Waals surface area contributed by atoms with Gasteiger partial charge in [-0.2, -0.15) is 0 Å².